The predicted molar refractivity (Wildman–Crippen MR) is 129 cm³/mol. The molecule has 0 atom stereocenters. The highest BCUT2D eigenvalue weighted by Gasteiger charge is 2.20. The SMILES string of the molecule is CN(C)CCNC(=O)CCN(Cc1ccccc1)C(=O)c1csc(Nc2ccccc2)n1. The third-order valence-corrected chi connectivity index (χ3v) is 5.50. The molecule has 0 saturated heterocycles. The van der Waals surface area contributed by atoms with Gasteiger partial charge < -0.3 is 20.4 Å². The molecule has 0 bridgehead atoms. The molecule has 2 N–H and O–H groups in total. The summed E-state index contributed by atoms with van der Waals surface area (Å²) in [6, 6.07) is 19.5. The molecule has 0 saturated carbocycles. The third-order valence-electron chi connectivity index (χ3n) is 4.74. The van der Waals surface area contributed by atoms with Crippen LogP contribution in [0, 0.1) is 0 Å². The first-order chi connectivity index (χ1) is 15.5. The number of carbonyl (C=O) groups is 2. The van der Waals surface area contributed by atoms with Gasteiger partial charge in [-0.1, -0.05) is 48.5 Å². The Labute approximate surface area is 193 Å². The van der Waals surface area contributed by atoms with Crippen LogP contribution in [0.25, 0.3) is 0 Å². The van der Waals surface area contributed by atoms with Gasteiger partial charge in [-0.2, -0.15) is 0 Å². The average Bonchev–Trinajstić information content (AvgIpc) is 3.25. The minimum absolute atomic E-state index is 0.0672. The van der Waals surface area contributed by atoms with Crippen molar-refractivity contribution in [1.82, 2.24) is 20.1 Å². The maximum Gasteiger partial charge on any atom is 0.273 e. The van der Waals surface area contributed by atoms with E-state index in [1.807, 2.05) is 79.7 Å². The van der Waals surface area contributed by atoms with Crippen molar-refractivity contribution in [3.63, 3.8) is 0 Å². The van der Waals surface area contributed by atoms with Crippen LogP contribution in [0.15, 0.2) is 66.0 Å². The van der Waals surface area contributed by atoms with Crippen molar-refractivity contribution < 1.29 is 9.59 Å². The lowest BCUT2D eigenvalue weighted by atomic mass is 10.2. The molecule has 1 aromatic heterocycles. The van der Waals surface area contributed by atoms with Gasteiger partial charge >= 0.3 is 0 Å². The molecule has 32 heavy (non-hydrogen) atoms. The lowest BCUT2D eigenvalue weighted by Gasteiger charge is -2.22. The van der Waals surface area contributed by atoms with Gasteiger partial charge in [0.15, 0.2) is 5.13 Å². The number of nitrogens with one attached hydrogen (secondary N) is 2. The van der Waals surface area contributed by atoms with Crippen LogP contribution < -0.4 is 10.6 Å². The fourth-order valence-electron chi connectivity index (χ4n) is 3.04. The molecule has 0 fully saturated rings. The zero-order valence-electron chi connectivity index (χ0n) is 18.5. The largest absolute Gasteiger partial charge is 0.355 e. The standard InChI is InChI=1S/C24H29N5O2S/c1-28(2)16-14-25-22(30)13-15-29(17-19-9-5-3-6-10-19)23(31)21-18-32-24(27-21)26-20-11-7-4-8-12-20/h3-12,18H,13-17H2,1-2H3,(H,25,30)(H,26,27). The van der Waals surface area contributed by atoms with Crippen molar-refractivity contribution in [3.8, 4) is 0 Å². The Bertz CT molecular complexity index is 992. The van der Waals surface area contributed by atoms with Gasteiger partial charge in [-0.25, -0.2) is 4.98 Å². The highest BCUT2D eigenvalue weighted by molar-refractivity contribution is 7.14. The minimum atomic E-state index is -0.188. The number of hydrogen-bond donors (Lipinski definition) is 2. The van der Waals surface area contributed by atoms with Crippen molar-refractivity contribution in [2.24, 2.45) is 0 Å². The van der Waals surface area contributed by atoms with E-state index in [-0.39, 0.29) is 18.2 Å². The first-order valence-corrected chi connectivity index (χ1v) is 11.4. The summed E-state index contributed by atoms with van der Waals surface area (Å²) in [5, 5.41) is 8.53. The van der Waals surface area contributed by atoms with Crippen LogP contribution in [-0.4, -0.2) is 60.3 Å². The molecule has 7 nitrogen and oxygen atoms in total. The Kier molecular flexibility index (Phi) is 8.77. The molecule has 0 aliphatic heterocycles. The molecule has 3 aromatic rings. The van der Waals surface area contributed by atoms with Crippen LogP contribution in [0.1, 0.15) is 22.5 Å². The topological polar surface area (TPSA) is 77.6 Å². The van der Waals surface area contributed by atoms with Crippen molar-refractivity contribution in [2.75, 3.05) is 39.0 Å². The monoisotopic (exact) mass is 451 g/mol. The van der Waals surface area contributed by atoms with E-state index in [0.29, 0.717) is 30.5 Å². The molecule has 2 amide bonds. The van der Waals surface area contributed by atoms with E-state index in [1.165, 1.54) is 11.3 Å². The summed E-state index contributed by atoms with van der Waals surface area (Å²) in [4.78, 5) is 33.7. The second kappa shape index (κ2) is 12.0. The number of amides is 2. The Morgan fingerprint density at radius 2 is 1.66 bits per heavy atom. The molecular weight excluding hydrogens is 422 g/mol. The van der Waals surface area contributed by atoms with Crippen LogP contribution in [0.3, 0.4) is 0 Å². The van der Waals surface area contributed by atoms with Gasteiger partial charge in [-0.3, -0.25) is 9.59 Å². The van der Waals surface area contributed by atoms with Crippen LogP contribution in [0.5, 0.6) is 0 Å². The Balaban J connectivity index is 1.65. The number of hydrogen-bond acceptors (Lipinski definition) is 6. The maximum atomic E-state index is 13.2. The lowest BCUT2D eigenvalue weighted by Crippen LogP contribution is -2.36. The predicted octanol–water partition coefficient (Wildman–Crippen LogP) is 3.60. The molecule has 8 heteroatoms. The van der Waals surface area contributed by atoms with Gasteiger partial charge in [0.1, 0.15) is 5.69 Å². The van der Waals surface area contributed by atoms with E-state index < -0.39 is 0 Å². The zero-order chi connectivity index (χ0) is 22.8. The lowest BCUT2D eigenvalue weighted by molar-refractivity contribution is -0.121. The average molecular weight is 452 g/mol. The Morgan fingerprint density at radius 3 is 2.34 bits per heavy atom. The van der Waals surface area contributed by atoms with Crippen LogP contribution in [0.2, 0.25) is 0 Å². The Hall–Kier alpha value is -3.23. The smallest absolute Gasteiger partial charge is 0.273 e. The van der Waals surface area contributed by atoms with E-state index in [0.717, 1.165) is 17.8 Å². The fraction of sp³-hybridized carbons (Fsp3) is 0.292. The van der Waals surface area contributed by atoms with Crippen molar-refractivity contribution in [3.05, 3.63) is 77.3 Å². The normalized spacial score (nSPS) is 10.7. The number of carbonyl (C=O) groups excluding carboxylic acids is 2. The summed E-state index contributed by atoms with van der Waals surface area (Å²) >= 11 is 1.38. The van der Waals surface area contributed by atoms with E-state index in [4.69, 9.17) is 0 Å². The van der Waals surface area contributed by atoms with E-state index >= 15 is 0 Å². The summed E-state index contributed by atoms with van der Waals surface area (Å²) < 4.78 is 0. The molecule has 3 rings (SSSR count). The number of thiazole rings is 1. The summed E-state index contributed by atoms with van der Waals surface area (Å²) in [6.45, 7) is 2.09. The summed E-state index contributed by atoms with van der Waals surface area (Å²) in [6.07, 6.45) is 0.241. The number of nitrogens with zero attached hydrogens (tertiary/aromatic N) is 3. The molecule has 0 radical (unpaired) electrons. The summed E-state index contributed by atoms with van der Waals surface area (Å²) in [5.74, 6) is -0.255. The van der Waals surface area contributed by atoms with E-state index in [9.17, 15) is 9.59 Å². The molecule has 1 heterocycles. The van der Waals surface area contributed by atoms with Crippen molar-refractivity contribution in [2.45, 2.75) is 13.0 Å². The molecular formula is C24H29N5O2S. The number of benzene rings is 2. The highest BCUT2D eigenvalue weighted by Crippen LogP contribution is 2.22. The van der Waals surface area contributed by atoms with Crippen LogP contribution >= 0.6 is 11.3 Å². The van der Waals surface area contributed by atoms with E-state index in [1.54, 1.807) is 10.3 Å². The van der Waals surface area contributed by atoms with Gasteiger partial charge in [-0.15, -0.1) is 11.3 Å². The fourth-order valence-corrected chi connectivity index (χ4v) is 3.74. The number of anilines is 2. The number of rotatable bonds is 11. The molecule has 2 aromatic carbocycles. The Morgan fingerprint density at radius 1 is 0.969 bits per heavy atom. The maximum absolute atomic E-state index is 13.2. The minimum Gasteiger partial charge on any atom is -0.355 e. The molecule has 0 spiro atoms. The highest BCUT2D eigenvalue weighted by atomic mass is 32.1. The summed E-state index contributed by atoms with van der Waals surface area (Å²) in [5.41, 5.74) is 2.29. The van der Waals surface area contributed by atoms with Crippen molar-refractivity contribution in [1.29, 1.82) is 0 Å². The number of para-hydroxylation sites is 1. The van der Waals surface area contributed by atoms with Gasteiger partial charge in [0, 0.05) is 43.7 Å². The van der Waals surface area contributed by atoms with Gasteiger partial charge in [-0.05, 0) is 31.8 Å². The molecule has 0 aliphatic rings. The number of aromatic nitrogens is 1. The molecule has 0 unspecified atom stereocenters. The number of likely N-dealkylation sites (N-methyl/N-ethyl adjacent to an activating group) is 1. The second-order valence-corrected chi connectivity index (χ2v) is 8.50. The zero-order valence-corrected chi connectivity index (χ0v) is 19.3. The van der Waals surface area contributed by atoms with Gasteiger partial charge in [0.25, 0.3) is 5.91 Å². The second-order valence-electron chi connectivity index (χ2n) is 7.64. The van der Waals surface area contributed by atoms with Crippen LogP contribution in [-0.2, 0) is 11.3 Å². The first kappa shape index (κ1) is 23.4. The van der Waals surface area contributed by atoms with Gasteiger partial charge in [0.05, 0.1) is 0 Å². The molecule has 168 valence electrons. The van der Waals surface area contributed by atoms with Crippen LogP contribution in [0.4, 0.5) is 10.8 Å². The first-order valence-electron chi connectivity index (χ1n) is 10.5. The quantitative estimate of drug-likeness (QED) is 0.466. The third kappa shape index (κ3) is 7.47. The van der Waals surface area contributed by atoms with Gasteiger partial charge in [0.2, 0.25) is 5.91 Å². The molecule has 0 aliphatic carbocycles. The van der Waals surface area contributed by atoms with E-state index in [2.05, 4.69) is 15.6 Å². The summed E-state index contributed by atoms with van der Waals surface area (Å²) in [7, 11) is 3.92. The van der Waals surface area contributed by atoms with Crippen molar-refractivity contribution >= 4 is 34.0 Å².